The molecule has 0 bridgehead atoms. The number of carbonyl (C=O) groups excluding carboxylic acids is 1. The van der Waals surface area contributed by atoms with Crippen molar-refractivity contribution in [2.45, 2.75) is 44.4 Å². The zero-order chi connectivity index (χ0) is 19.8. The standard InChI is InChI=1S/C20H29N5O2S/c1-3-8-17(16-9-6-5-7-10-16)21-18(26)15-28-20-23-22-19(25(20)4-2)24-11-13-27-14-12-24/h5-7,9-10,17H,3-4,8,11-15H2,1-2H3,(H,21,26)/t17-/m1/s1. The summed E-state index contributed by atoms with van der Waals surface area (Å²) in [6, 6.07) is 10.2. The van der Waals surface area contributed by atoms with E-state index in [-0.39, 0.29) is 11.9 Å². The third kappa shape index (κ3) is 5.26. The number of amides is 1. The van der Waals surface area contributed by atoms with Gasteiger partial charge in [0.1, 0.15) is 0 Å². The molecule has 7 nitrogen and oxygen atoms in total. The Balaban J connectivity index is 1.60. The SMILES string of the molecule is CCC[C@@H](NC(=O)CSc1nnc(N2CCOCC2)n1CC)c1ccccc1. The molecule has 2 aromatic rings. The average molecular weight is 404 g/mol. The predicted molar refractivity (Wildman–Crippen MR) is 112 cm³/mol. The Morgan fingerprint density at radius 1 is 1.21 bits per heavy atom. The highest BCUT2D eigenvalue weighted by Crippen LogP contribution is 2.23. The first-order valence-electron chi connectivity index (χ1n) is 9.96. The number of hydrogen-bond acceptors (Lipinski definition) is 6. The summed E-state index contributed by atoms with van der Waals surface area (Å²) in [4.78, 5) is 14.8. The molecule has 1 aromatic heterocycles. The first-order valence-corrected chi connectivity index (χ1v) is 10.9. The summed E-state index contributed by atoms with van der Waals surface area (Å²) in [7, 11) is 0. The molecule has 1 saturated heterocycles. The molecule has 0 aliphatic carbocycles. The maximum absolute atomic E-state index is 12.6. The molecule has 2 heterocycles. The number of rotatable bonds is 9. The number of ether oxygens (including phenoxy) is 1. The Morgan fingerprint density at radius 3 is 2.64 bits per heavy atom. The van der Waals surface area contributed by atoms with E-state index in [1.165, 1.54) is 11.8 Å². The van der Waals surface area contributed by atoms with Crippen LogP contribution in [-0.4, -0.2) is 52.7 Å². The number of aromatic nitrogens is 3. The molecule has 8 heteroatoms. The fourth-order valence-electron chi connectivity index (χ4n) is 3.32. The molecular formula is C20H29N5O2S. The lowest BCUT2D eigenvalue weighted by molar-refractivity contribution is -0.119. The second-order valence-corrected chi connectivity index (χ2v) is 7.68. The molecule has 3 rings (SSSR count). The minimum absolute atomic E-state index is 0.0193. The lowest BCUT2D eigenvalue weighted by atomic mass is 10.0. The third-order valence-corrected chi connectivity index (χ3v) is 5.72. The minimum atomic E-state index is 0.0193. The number of nitrogens with one attached hydrogen (secondary N) is 1. The van der Waals surface area contributed by atoms with Gasteiger partial charge in [0.2, 0.25) is 11.9 Å². The van der Waals surface area contributed by atoms with Crippen molar-refractivity contribution < 1.29 is 9.53 Å². The fraction of sp³-hybridized carbons (Fsp3) is 0.550. The van der Waals surface area contributed by atoms with Gasteiger partial charge in [0.05, 0.1) is 25.0 Å². The lowest BCUT2D eigenvalue weighted by Crippen LogP contribution is -2.38. The zero-order valence-corrected chi connectivity index (χ0v) is 17.5. The van der Waals surface area contributed by atoms with Crippen molar-refractivity contribution in [3.05, 3.63) is 35.9 Å². The van der Waals surface area contributed by atoms with Crippen LogP contribution in [0.2, 0.25) is 0 Å². The second-order valence-electron chi connectivity index (χ2n) is 6.73. The van der Waals surface area contributed by atoms with Crippen LogP contribution in [0.3, 0.4) is 0 Å². The molecule has 0 radical (unpaired) electrons. The van der Waals surface area contributed by atoms with Gasteiger partial charge in [-0.25, -0.2) is 0 Å². The molecule has 28 heavy (non-hydrogen) atoms. The van der Waals surface area contributed by atoms with E-state index in [1.807, 2.05) is 18.2 Å². The van der Waals surface area contributed by atoms with Crippen LogP contribution in [0, 0.1) is 0 Å². The molecule has 1 fully saturated rings. The summed E-state index contributed by atoms with van der Waals surface area (Å²) in [5, 5.41) is 12.6. The molecule has 1 aromatic carbocycles. The molecule has 0 unspecified atom stereocenters. The minimum Gasteiger partial charge on any atom is -0.378 e. The molecule has 0 saturated carbocycles. The van der Waals surface area contributed by atoms with Gasteiger partial charge in [0, 0.05) is 19.6 Å². The van der Waals surface area contributed by atoms with Crippen LogP contribution in [0.15, 0.2) is 35.5 Å². The normalized spacial score (nSPS) is 15.4. The van der Waals surface area contributed by atoms with E-state index in [0.29, 0.717) is 19.0 Å². The van der Waals surface area contributed by atoms with E-state index in [2.05, 4.69) is 51.0 Å². The van der Waals surface area contributed by atoms with Gasteiger partial charge in [0.25, 0.3) is 0 Å². The van der Waals surface area contributed by atoms with Crippen LogP contribution in [0.25, 0.3) is 0 Å². The monoisotopic (exact) mass is 403 g/mol. The van der Waals surface area contributed by atoms with E-state index < -0.39 is 0 Å². The van der Waals surface area contributed by atoms with E-state index >= 15 is 0 Å². The van der Waals surface area contributed by atoms with Crippen LogP contribution in [0.4, 0.5) is 5.95 Å². The van der Waals surface area contributed by atoms with Crippen molar-refractivity contribution in [1.82, 2.24) is 20.1 Å². The maximum Gasteiger partial charge on any atom is 0.230 e. The zero-order valence-electron chi connectivity index (χ0n) is 16.6. The number of anilines is 1. The molecule has 1 amide bonds. The summed E-state index contributed by atoms with van der Waals surface area (Å²) >= 11 is 1.44. The Labute approximate surface area is 170 Å². The first kappa shape index (κ1) is 20.7. The topological polar surface area (TPSA) is 72.3 Å². The molecule has 1 aliphatic rings. The van der Waals surface area contributed by atoms with E-state index in [0.717, 1.165) is 49.1 Å². The van der Waals surface area contributed by atoms with Crippen molar-refractivity contribution in [1.29, 1.82) is 0 Å². The van der Waals surface area contributed by atoms with Crippen molar-refractivity contribution in [3.8, 4) is 0 Å². The molecule has 0 spiro atoms. The largest absolute Gasteiger partial charge is 0.378 e. The number of morpholine rings is 1. The highest BCUT2D eigenvalue weighted by Gasteiger charge is 2.21. The number of thioether (sulfide) groups is 1. The molecular weight excluding hydrogens is 374 g/mol. The second kappa shape index (κ2) is 10.5. The van der Waals surface area contributed by atoms with Crippen molar-refractivity contribution in [2.24, 2.45) is 0 Å². The Kier molecular flexibility index (Phi) is 7.73. The number of nitrogens with zero attached hydrogens (tertiary/aromatic N) is 4. The summed E-state index contributed by atoms with van der Waals surface area (Å²) in [5.74, 6) is 1.21. The lowest BCUT2D eigenvalue weighted by Gasteiger charge is -2.27. The summed E-state index contributed by atoms with van der Waals surface area (Å²) in [6.45, 7) is 8.03. The van der Waals surface area contributed by atoms with Crippen LogP contribution in [0.1, 0.15) is 38.3 Å². The number of benzene rings is 1. The Hall–Kier alpha value is -2.06. The summed E-state index contributed by atoms with van der Waals surface area (Å²) in [6.07, 6.45) is 1.94. The Bertz CT molecular complexity index is 746. The maximum atomic E-state index is 12.6. The van der Waals surface area contributed by atoms with Gasteiger partial charge < -0.3 is 15.0 Å². The Morgan fingerprint density at radius 2 is 1.96 bits per heavy atom. The van der Waals surface area contributed by atoms with Crippen molar-refractivity contribution in [3.63, 3.8) is 0 Å². The number of carbonyl (C=O) groups is 1. The van der Waals surface area contributed by atoms with Crippen molar-refractivity contribution >= 4 is 23.6 Å². The quantitative estimate of drug-likeness (QED) is 0.649. The molecule has 1 N–H and O–H groups in total. The highest BCUT2D eigenvalue weighted by molar-refractivity contribution is 7.99. The molecule has 1 aliphatic heterocycles. The first-order chi connectivity index (χ1) is 13.7. The van der Waals surface area contributed by atoms with Gasteiger partial charge in [-0.15, -0.1) is 10.2 Å². The van der Waals surface area contributed by atoms with Gasteiger partial charge >= 0.3 is 0 Å². The third-order valence-electron chi connectivity index (χ3n) is 4.75. The number of hydrogen-bond donors (Lipinski definition) is 1. The summed E-state index contributed by atoms with van der Waals surface area (Å²) in [5.41, 5.74) is 1.15. The average Bonchev–Trinajstić information content (AvgIpc) is 3.16. The smallest absolute Gasteiger partial charge is 0.230 e. The fourth-order valence-corrected chi connectivity index (χ4v) is 4.13. The van der Waals surface area contributed by atoms with Crippen LogP contribution in [-0.2, 0) is 16.1 Å². The highest BCUT2D eigenvalue weighted by atomic mass is 32.2. The van der Waals surface area contributed by atoms with E-state index in [9.17, 15) is 4.79 Å². The van der Waals surface area contributed by atoms with Gasteiger partial charge in [0.15, 0.2) is 5.16 Å². The van der Waals surface area contributed by atoms with Crippen LogP contribution in [0.5, 0.6) is 0 Å². The van der Waals surface area contributed by atoms with Crippen LogP contribution >= 0.6 is 11.8 Å². The molecule has 152 valence electrons. The van der Waals surface area contributed by atoms with Gasteiger partial charge in [-0.05, 0) is 18.9 Å². The van der Waals surface area contributed by atoms with Gasteiger partial charge in [-0.2, -0.15) is 0 Å². The van der Waals surface area contributed by atoms with E-state index in [4.69, 9.17) is 4.74 Å². The molecule has 1 atom stereocenters. The van der Waals surface area contributed by atoms with Gasteiger partial charge in [-0.3, -0.25) is 9.36 Å². The predicted octanol–water partition coefficient (Wildman–Crippen LogP) is 2.88. The van der Waals surface area contributed by atoms with Crippen LogP contribution < -0.4 is 10.2 Å². The van der Waals surface area contributed by atoms with Gasteiger partial charge in [-0.1, -0.05) is 55.4 Å². The van der Waals surface area contributed by atoms with Crippen molar-refractivity contribution in [2.75, 3.05) is 37.0 Å². The van der Waals surface area contributed by atoms with E-state index in [1.54, 1.807) is 0 Å². The summed E-state index contributed by atoms with van der Waals surface area (Å²) < 4.78 is 7.49.